The lowest BCUT2D eigenvalue weighted by atomic mass is 10.1. The molecule has 8 heteroatoms. The SMILES string of the molecule is CCc1ccc(N2C(=O)C[C@H](N(Cc3ccc(OC)cc3)C(=O)CCC(=O)O)C2=O)cc1. The van der Waals surface area contributed by atoms with Gasteiger partial charge in [0.2, 0.25) is 11.8 Å². The van der Waals surface area contributed by atoms with Crippen molar-refractivity contribution in [2.45, 2.75) is 45.2 Å². The van der Waals surface area contributed by atoms with Gasteiger partial charge < -0.3 is 14.7 Å². The molecular weight excluding hydrogens is 412 g/mol. The predicted octanol–water partition coefficient (Wildman–Crippen LogP) is 2.78. The fourth-order valence-corrected chi connectivity index (χ4v) is 3.67. The number of nitrogens with zero attached hydrogens (tertiary/aromatic N) is 2. The summed E-state index contributed by atoms with van der Waals surface area (Å²) in [6.07, 6.45) is 0.0749. The van der Waals surface area contributed by atoms with Crippen LogP contribution in [0.2, 0.25) is 0 Å². The number of imide groups is 1. The molecule has 1 heterocycles. The molecule has 2 aromatic rings. The number of carboxylic acids is 1. The first kappa shape index (κ1) is 23.0. The van der Waals surface area contributed by atoms with Crippen LogP contribution in [0.1, 0.15) is 37.3 Å². The Bertz CT molecular complexity index is 1000. The van der Waals surface area contributed by atoms with Crippen molar-refractivity contribution < 1.29 is 29.0 Å². The van der Waals surface area contributed by atoms with Gasteiger partial charge in [0.25, 0.3) is 5.91 Å². The van der Waals surface area contributed by atoms with Crippen LogP contribution < -0.4 is 9.64 Å². The van der Waals surface area contributed by atoms with Gasteiger partial charge in [0.05, 0.1) is 25.6 Å². The molecule has 0 spiro atoms. The second-order valence-corrected chi connectivity index (χ2v) is 7.57. The third-order valence-electron chi connectivity index (χ3n) is 5.49. The Hall–Kier alpha value is -3.68. The molecule has 2 aromatic carbocycles. The van der Waals surface area contributed by atoms with E-state index in [1.54, 1.807) is 43.5 Å². The van der Waals surface area contributed by atoms with Gasteiger partial charge in [0, 0.05) is 13.0 Å². The van der Waals surface area contributed by atoms with E-state index in [9.17, 15) is 19.2 Å². The maximum absolute atomic E-state index is 13.2. The molecule has 1 saturated heterocycles. The highest BCUT2D eigenvalue weighted by Crippen LogP contribution is 2.28. The van der Waals surface area contributed by atoms with Gasteiger partial charge in [-0.2, -0.15) is 0 Å². The van der Waals surface area contributed by atoms with Gasteiger partial charge in [-0.3, -0.25) is 19.2 Å². The lowest BCUT2D eigenvalue weighted by molar-refractivity contribution is -0.143. The molecule has 8 nitrogen and oxygen atoms in total. The monoisotopic (exact) mass is 438 g/mol. The number of rotatable bonds is 9. The Balaban J connectivity index is 1.86. The molecule has 0 aromatic heterocycles. The molecule has 0 radical (unpaired) electrons. The number of hydrogen-bond acceptors (Lipinski definition) is 5. The Labute approximate surface area is 186 Å². The van der Waals surface area contributed by atoms with E-state index in [4.69, 9.17) is 9.84 Å². The standard InChI is InChI=1S/C24H26N2O6/c1-3-16-4-8-18(9-5-16)26-22(28)14-20(24(26)31)25(21(27)12-13-23(29)30)15-17-6-10-19(32-2)11-7-17/h4-11,20H,3,12-15H2,1-2H3,(H,29,30)/t20-/m0/s1. The van der Waals surface area contributed by atoms with Crippen molar-refractivity contribution in [2.24, 2.45) is 0 Å². The zero-order valence-corrected chi connectivity index (χ0v) is 18.1. The Kier molecular flexibility index (Phi) is 7.25. The summed E-state index contributed by atoms with van der Waals surface area (Å²) in [6, 6.07) is 13.2. The Morgan fingerprint density at radius 2 is 1.66 bits per heavy atom. The van der Waals surface area contributed by atoms with E-state index in [2.05, 4.69) is 0 Å². The topological polar surface area (TPSA) is 104 Å². The Morgan fingerprint density at radius 1 is 1.03 bits per heavy atom. The van der Waals surface area contributed by atoms with Crippen LogP contribution in [0.4, 0.5) is 5.69 Å². The summed E-state index contributed by atoms with van der Waals surface area (Å²) < 4.78 is 5.15. The van der Waals surface area contributed by atoms with E-state index in [1.807, 2.05) is 19.1 Å². The summed E-state index contributed by atoms with van der Waals surface area (Å²) in [5.41, 5.74) is 2.27. The number of amides is 3. The van der Waals surface area contributed by atoms with Crippen molar-refractivity contribution in [1.82, 2.24) is 4.90 Å². The summed E-state index contributed by atoms with van der Waals surface area (Å²) in [7, 11) is 1.54. The Morgan fingerprint density at radius 3 is 2.22 bits per heavy atom. The minimum atomic E-state index is -1.10. The van der Waals surface area contributed by atoms with Crippen LogP contribution in [-0.4, -0.2) is 46.8 Å². The third-order valence-corrected chi connectivity index (χ3v) is 5.49. The molecule has 3 rings (SSSR count). The largest absolute Gasteiger partial charge is 0.497 e. The van der Waals surface area contributed by atoms with Gasteiger partial charge >= 0.3 is 5.97 Å². The quantitative estimate of drug-likeness (QED) is 0.604. The van der Waals surface area contributed by atoms with Gasteiger partial charge in [-0.05, 0) is 41.8 Å². The molecule has 1 aliphatic heterocycles. The highest BCUT2D eigenvalue weighted by Gasteiger charge is 2.44. The normalized spacial score (nSPS) is 15.7. The van der Waals surface area contributed by atoms with Gasteiger partial charge in [0.1, 0.15) is 11.8 Å². The average molecular weight is 438 g/mol. The van der Waals surface area contributed by atoms with Crippen molar-refractivity contribution in [3.05, 3.63) is 59.7 Å². The maximum Gasteiger partial charge on any atom is 0.303 e. The average Bonchev–Trinajstić information content (AvgIpc) is 3.09. The van der Waals surface area contributed by atoms with E-state index >= 15 is 0 Å². The first-order valence-electron chi connectivity index (χ1n) is 10.4. The molecule has 1 atom stereocenters. The van der Waals surface area contributed by atoms with E-state index in [-0.39, 0.29) is 25.8 Å². The second-order valence-electron chi connectivity index (χ2n) is 7.57. The third kappa shape index (κ3) is 5.14. The zero-order valence-electron chi connectivity index (χ0n) is 18.1. The lowest BCUT2D eigenvalue weighted by Crippen LogP contribution is -2.45. The lowest BCUT2D eigenvalue weighted by Gasteiger charge is -2.28. The van der Waals surface area contributed by atoms with Gasteiger partial charge in [0.15, 0.2) is 0 Å². The van der Waals surface area contributed by atoms with Crippen molar-refractivity contribution in [3.63, 3.8) is 0 Å². The van der Waals surface area contributed by atoms with Crippen molar-refractivity contribution in [1.29, 1.82) is 0 Å². The molecule has 1 aliphatic rings. The van der Waals surface area contributed by atoms with Crippen molar-refractivity contribution in [3.8, 4) is 5.75 Å². The van der Waals surface area contributed by atoms with E-state index < -0.39 is 29.7 Å². The smallest absolute Gasteiger partial charge is 0.303 e. The number of methoxy groups -OCH3 is 1. The zero-order chi connectivity index (χ0) is 23.3. The molecule has 0 bridgehead atoms. The summed E-state index contributed by atoms with van der Waals surface area (Å²) in [4.78, 5) is 52.2. The van der Waals surface area contributed by atoms with E-state index in [0.29, 0.717) is 11.4 Å². The fourth-order valence-electron chi connectivity index (χ4n) is 3.67. The molecule has 0 aliphatic carbocycles. The summed E-state index contributed by atoms with van der Waals surface area (Å²) >= 11 is 0. The van der Waals surface area contributed by atoms with Crippen molar-refractivity contribution in [2.75, 3.05) is 12.0 Å². The predicted molar refractivity (Wildman–Crippen MR) is 117 cm³/mol. The highest BCUT2D eigenvalue weighted by atomic mass is 16.5. The number of benzene rings is 2. The van der Waals surface area contributed by atoms with Crippen LogP contribution in [0.3, 0.4) is 0 Å². The van der Waals surface area contributed by atoms with Crippen LogP contribution in [-0.2, 0) is 32.1 Å². The van der Waals surface area contributed by atoms with Gasteiger partial charge in [-0.1, -0.05) is 31.2 Å². The summed E-state index contributed by atoms with van der Waals surface area (Å²) in [5, 5.41) is 8.97. The number of ether oxygens (including phenoxy) is 1. The van der Waals surface area contributed by atoms with Crippen LogP contribution in [0.5, 0.6) is 5.75 Å². The number of anilines is 1. The number of hydrogen-bond donors (Lipinski definition) is 1. The number of carboxylic acid groups (broad SMARTS) is 1. The second kappa shape index (κ2) is 10.1. The number of aryl methyl sites for hydroxylation is 1. The van der Waals surface area contributed by atoms with Crippen LogP contribution in [0, 0.1) is 0 Å². The summed E-state index contributed by atoms with van der Waals surface area (Å²) in [5.74, 6) is -1.83. The van der Waals surface area contributed by atoms with Crippen LogP contribution >= 0.6 is 0 Å². The fraction of sp³-hybridized carbons (Fsp3) is 0.333. The highest BCUT2D eigenvalue weighted by molar-refractivity contribution is 6.23. The maximum atomic E-state index is 13.2. The first-order chi connectivity index (χ1) is 15.3. The number of carbonyl (C=O) groups excluding carboxylic acids is 3. The minimum Gasteiger partial charge on any atom is -0.497 e. The molecule has 3 amide bonds. The molecule has 168 valence electrons. The molecule has 0 unspecified atom stereocenters. The molecule has 1 N–H and O–H groups in total. The minimum absolute atomic E-state index is 0.0781. The van der Waals surface area contributed by atoms with Gasteiger partial charge in [-0.15, -0.1) is 0 Å². The van der Waals surface area contributed by atoms with Crippen LogP contribution in [0.25, 0.3) is 0 Å². The molecule has 1 fully saturated rings. The molecular formula is C24H26N2O6. The van der Waals surface area contributed by atoms with E-state index in [1.165, 1.54) is 4.90 Å². The van der Waals surface area contributed by atoms with E-state index in [0.717, 1.165) is 22.4 Å². The first-order valence-corrected chi connectivity index (χ1v) is 10.4. The molecule has 32 heavy (non-hydrogen) atoms. The number of carbonyl (C=O) groups is 4. The van der Waals surface area contributed by atoms with Crippen LogP contribution in [0.15, 0.2) is 48.5 Å². The number of aliphatic carboxylic acids is 1. The molecule has 0 saturated carbocycles. The van der Waals surface area contributed by atoms with Crippen molar-refractivity contribution >= 4 is 29.4 Å². The summed E-state index contributed by atoms with van der Waals surface area (Å²) in [6.45, 7) is 2.09. The van der Waals surface area contributed by atoms with Gasteiger partial charge in [-0.25, -0.2) is 4.90 Å².